The number of halogens is 1. The molecule has 1 aromatic carbocycles. The lowest BCUT2D eigenvalue weighted by molar-refractivity contribution is 0.140. The summed E-state index contributed by atoms with van der Waals surface area (Å²) < 4.78 is 5.34. The average molecular weight is 241 g/mol. The Balaban J connectivity index is 2.26. The molecule has 0 heterocycles. The maximum absolute atomic E-state index is 5.99. The van der Waals surface area contributed by atoms with Crippen LogP contribution in [0.25, 0.3) is 0 Å². The van der Waals surface area contributed by atoms with Crippen LogP contribution in [0.1, 0.15) is 25.3 Å². The Labute approximate surface area is 104 Å². The fraction of sp³-hybridized carbons (Fsp3) is 0.571. The van der Waals surface area contributed by atoms with Crippen molar-refractivity contribution in [1.82, 2.24) is 0 Å². The van der Waals surface area contributed by atoms with E-state index in [0.717, 1.165) is 38.4 Å². The summed E-state index contributed by atoms with van der Waals surface area (Å²) in [6.07, 6.45) is 3.34. The molecule has 0 saturated heterocycles. The molecule has 90 valence electrons. The zero-order chi connectivity index (χ0) is 11.6. The first-order valence-corrected chi connectivity index (χ1v) is 6.58. The molecule has 1 atom stereocenters. The molecule has 1 unspecified atom stereocenters. The Bertz CT molecular complexity index is 261. The second-order valence-corrected chi connectivity index (χ2v) is 4.36. The Morgan fingerprint density at radius 3 is 2.62 bits per heavy atom. The molecule has 0 amide bonds. The first kappa shape index (κ1) is 13.5. The fourth-order valence-corrected chi connectivity index (χ4v) is 2.06. The van der Waals surface area contributed by atoms with Crippen molar-refractivity contribution in [1.29, 1.82) is 0 Å². The predicted octanol–water partition coefficient (Wildman–Crippen LogP) is 3.90. The van der Waals surface area contributed by atoms with Gasteiger partial charge in [-0.1, -0.05) is 30.3 Å². The fourth-order valence-electron chi connectivity index (χ4n) is 1.80. The minimum Gasteiger partial charge on any atom is -0.382 e. The maximum Gasteiger partial charge on any atom is 0.0466 e. The van der Waals surface area contributed by atoms with Crippen molar-refractivity contribution < 1.29 is 4.74 Å². The molecule has 0 bridgehead atoms. The normalized spacial score (nSPS) is 12.6. The third kappa shape index (κ3) is 5.53. The van der Waals surface area contributed by atoms with Crippen LogP contribution in [0, 0.1) is 5.92 Å². The summed E-state index contributed by atoms with van der Waals surface area (Å²) in [6.45, 7) is 3.70. The number of hydrogen-bond donors (Lipinski definition) is 0. The summed E-state index contributed by atoms with van der Waals surface area (Å²) in [4.78, 5) is 0. The van der Waals surface area contributed by atoms with Crippen molar-refractivity contribution in [3.63, 3.8) is 0 Å². The van der Waals surface area contributed by atoms with E-state index in [-0.39, 0.29) is 0 Å². The molecule has 0 radical (unpaired) electrons. The first-order chi connectivity index (χ1) is 7.86. The van der Waals surface area contributed by atoms with Crippen LogP contribution in [-0.4, -0.2) is 19.1 Å². The Hall–Kier alpha value is -0.530. The Morgan fingerprint density at radius 2 is 2.00 bits per heavy atom. The van der Waals surface area contributed by atoms with Gasteiger partial charge in [0.05, 0.1) is 0 Å². The van der Waals surface area contributed by atoms with Crippen molar-refractivity contribution >= 4 is 11.6 Å². The highest BCUT2D eigenvalue weighted by Crippen LogP contribution is 2.15. The van der Waals surface area contributed by atoms with Gasteiger partial charge in [-0.3, -0.25) is 0 Å². The van der Waals surface area contributed by atoms with Crippen LogP contribution in [0.15, 0.2) is 30.3 Å². The molecule has 1 nitrogen and oxygen atoms in total. The third-order valence-electron chi connectivity index (χ3n) is 2.69. The highest BCUT2D eigenvalue weighted by molar-refractivity contribution is 6.18. The first-order valence-electron chi connectivity index (χ1n) is 6.04. The van der Waals surface area contributed by atoms with E-state index in [0.29, 0.717) is 5.92 Å². The number of hydrogen-bond acceptors (Lipinski definition) is 1. The SMILES string of the molecule is CCOCCCC(CCl)Cc1ccccc1. The zero-order valence-corrected chi connectivity index (χ0v) is 10.7. The van der Waals surface area contributed by atoms with Crippen molar-refractivity contribution in [2.45, 2.75) is 26.2 Å². The summed E-state index contributed by atoms with van der Waals surface area (Å²) in [5, 5.41) is 0. The molecule has 0 aliphatic rings. The highest BCUT2D eigenvalue weighted by atomic mass is 35.5. The summed E-state index contributed by atoms with van der Waals surface area (Å²) in [7, 11) is 0. The van der Waals surface area contributed by atoms with Gasteiger partial charge in [-0.05, 0) is 37.7 Å². The molecule has 0 saturated carbocycles. The summed E-state index contributed by atoms with van der Waals surface area (Å²) in [5.74, 6) is 1.31. The molecule has 0 aliphatic heterocycles. The topological polar surface area (TPSA) is 9.23 Å². The second-order valence-electron chi connectivity index (χ2n) is 4.05. The van der Waals surface area contributed by atoms with Gasteiger partial charge < -0.3 is 4.74 Å². The van der Waals surface area contributed by atoms with Gasteiger partial charge in [-0.25, -0.2) is 0 Å². The predicted molar refractivity (Wildman–Crippen MR) is 70.1 cm³/mol. The van der Waals surface area contributed by atoms with Gasteiger partial charge >= 0.3 is 0 Å². The van der Waals surface area contributed by atoms with Crippen LogP contribution in [0.3, 0.4) is 0 Å². The average Bonchev–Trinajstić information content (AvgIpc) is 2.34. The molecule has 16 heavy (non-hydrogen) atoms. The van der Waals surface area contributed by atoms with Crippen molar-refractivity contribution in [2.24, 2.45) is 5.92 Å². The van der Waals surface area contributed by atoms with Crippen LogP contribution in [0.2, 0.25) is 0 Å². The standard InChI is InChI=1S/C14H21ClO/c1-2-16-10-6-9-14(12-15)11-13-7-4-3-5-8-13/h3-5,7-8,14H,2,6,9-12H2,1H3. The Kier molecular flexibility index (Phi) is 7.28. The van der Waals surface area contributed by atoms with Crippen LogP contribution >= 0.6 is 11.6 Å². The Morgan fingerprint density at radius 1 is 1.25 bits per heavy atom. The molecule has 0 N–H and O–H groups in total. The van der Waals surface area contributed by atoms with Crippen LogP contribution < -0.4 is 0 Å². The second kappa shape index (κ2) is 8.60. The van der Waals surface area contributed by atoms with Crippen LogP contribution in [0.4, 0.5) is 0 Å². The molecule has 0 aromatic heterocycles. The van der Waals surface area contributed by atoms with Gasteiger partial charge in [-0.2, -0.15) is 0 Å². The van der Waals surface area contributed by atoms with Gasteiger partial charge in [0.25, 0.3) is 0 Å². The lowest BCUT2D eigenvalue weighted by atomic mass is 9.97. The van der Waals surface area contributed by atoms with Gasteiger partial charge in [0.15, 0.2) is 0 Å². The van der Waals surface area contributed by atoms with Crippen molar-refractivity contribution in [3.8, 4) is 0 Å². The molecule has 1 aromatic rings. The third-order valence-corrected chi connectivity index (χ3v) is 3.13. The summed E-state index contributed by atoms with van der Waals surface area (Å²) in [5.41, 5.74) is 1.38. The zero-order valence-electron chi connectivity index (χ0n) is 9.99. The summed E-state index contributed by atoms with van der Waals surface area (Å²) >= 11 is 5.99. The largest absolute Gasteiger partial charge is 0.382 e. The maximum atomic E-state index is 5.99. The highest BCUT2D eigenvalue weighted by Gasteiger charge is 2.07. The van der Waals surface area contributed by atoms with Gasteiger partial charge in [0.1, 0.15) is 0 Å². The van der Waals surface area contributed by atoms with E-state index in [1.54, 1.807) is 0 Å². The van der Waals surface area contributed by atoms with E-state index < -0.39 is 0 Å². The van der Waals surface area contributed by atoms with Crippen molar-refractivity contribution in [3.05, 3.63) is 35.9 Å². The van der Waals surface area contributed by atoms with Crippen LogP contribution in [0.5, 0.6) is 0 Å². The number of rotatable bonds is 8. The molecular weight excluding hydrogens is 220 g/mol. The van der Waals surface area contributed by atoms with E-state index in [2.05, 4.69) is 24.3 Å². The van der Waals surface area contributed by atoms with Crippen molar-refractivity contribution in [2.75, 3.05) is 19.1 Å². The lowest BCUT2D eigenvalue weighted by Crippen LogP contribution is -2.08. The van der Waals surface area contributed by atoms with E-state index in [9.17, 15) is 0 Å². The van der Waals surface area contributed by atoms with E-state index in [4.69, 9.17) is 16.3 Å². The molecule has 0 aliphatic carbocycles. The lowest BCUT2D eigenvalue weighted by Gasteiger charge is -2.13. The summed E-state index contributed by atoms with van der Waals surface area (Å²) in [6, 6.07) is 10.6. The van der Waals surface area contributed by atoms with E-state index in [1.807, 2.05) is 13.0 Å². The number of alkyl halides is 1. The van der Waals surface area contributed by atoms with Gasteiger partial charge in [0, 0.05) is 19.1 Å². The van der Waals surface area contributed by atoms with E-state index >= 15 is 0 Å². The molecule has 2 heteroatoms. The van der Waals surface area contributed by atoms with Gasteiger partial charge in [-0.15, -0.1) is 11.6 Å². The minimum atomic E-state index is 0.574. The molecule has 0 spiro atoms. The molecular formula is C14H21ClO. The smallest absolute Gasteiger partial charge is 0.0466 e. The molecule has 1 rings (SSSR count). The minimum absolute atomic E-state index is 0.574. The monoisotopic (exact) mass is 240 g/mol. The van der Waals surface area contributed by atoms with Crippen LogP contribution in [-0.2, 0) is 11.2 Å². The number of benzene rings is 1. The quantitative estimate of drug-likeness (QED) is 0.495. The number of ether oxygens (including phenoxy) is 1. The molecule has 0 fully saturated rings. The van der Waals surface area contributed by atoms with Gasteiger partial charge in [0.2, 0.25) is 0 Å². The van der Waals surface area contributed by atoms with E-state index in [1.165, 1.54) is 5.56 Å².